The SMILES string of the molecule is O=C(NCCC(=O)N1CCN(c2ccccn2)CC1)[C@H]1CC(=O)N(c2ccccc2)C1. The second kappa shape index (κ2) is 9.59. The summed E-state index contributed by atoms with van der Waals surface area (Å²) in [4.78, 5) is 47.3. The number of carbonyl (C=O) groups is 3. The highest BCUT2D eigenvalue weighted by atomic mass is 16.2. The van der Waals surface area contributed by atoms with Crippen LogP contribution >= 0.6 is 0 Å². The van der Waals surface area contributed by atoms with Crippen molar-refractivity contribution in [3.63, 3.8) is 0 Å². The third-order valence-corrected chi connectivity index (χ3v) is 5.81. The highest BCUT2D eigenvalue weighted by Crippen LogP contribution is 2.24. The van der Waals surface area contributed by atoms with Crippen LogP contribution in [0.15, 0.2) is 54.7 Å². The molecule has 1 atom stereocenters. The molecule has 2 fully saturated rings. The van der Waals surface area contributed by atoms with Crippen LogP contribution in [0.3, 0.4) is 0 Å². The Hall–Kier alpha value is -3.42. The summed E-state index contributed by atoms with van der Waals surface area (Å²) in [5.41, 5.74) is 0.808. The van der Waals surface area contributed by atoms with Gasteiger partial charge < -0.3 is 20.0 Å². The van der Waals surface area contributed by atoms with Crippen LogP contribution in [0.5, 0.6) is 0 Å². The van der Waals surface area contributed by atoms with Crippen LogP contribution in [0.4, 0.5) is 11.5 Å². The van der Waals surface area contributed by atoms with Crippen molar-refractivity contribution in [1.29, 1.82) is 0 Å². The molecule has 3 amide bonds. The average molecular weight is 422 g/mol. The molecule has 0 spiro atoms. The third-order valence-electron chi connectivity index (χ3n) is 5.81. The molecule has 0 unspecified atom stereocenters. The molecule has 1 aromatic carbocycles. The zero-order chi connectivity index (χ0) is 21.6. The fraction of sp³-hybridized carbons (Fsp3) is 0.391. The van der Waals surface area contributed by atoms with Crippen molar-refractivity contribution in [3.8, 4) is 0 Å². The summed E-state index contributed by atoms with van der Waals surface area (Å²) in [6.07, 6.45) is 2.23. The Morgan fingerprint density at radius 2 is 1.74 bits per heavy atom. The molecule has 8 nitrogen and oxygen atoms in total. The molecule has 1 N–H and O–H groups in total. The largest absolute Gasteiger partial charge is 0.355 e. The van der Waals surface area contributed by atoms with Gasteiger partial charge in [-0.1, -0.05) is 24.3 Å². The molecule has 8 heteroatoms. The third kappa shape index (κ3) is 5.02. The number of pyridine rings is 1. The summed E-state index contributed by atoms with van der Waals surface area (Å²) in [5, 5.41) is 2.84. The summed E-state index contributed by atoms with van der Waals surface area (Å²) in [6, 6.07) is 15.2. The minimum Gasteiger partial charge on any atom is -0.355 e. The normalized spacial score (nSPS) is 18.9. The van der Waals surface area contributed by atoms with E-state index in [0.29, 0.717) is 19.6 Å². The molecule has 2 aliphatic heterocycles. The minimum absolute atomic E-state index is 0.0365. The smallest absolute Gasteiger partial charge is 0.227 e. The van der Waals surface area contributed by atoms with Gasteiger partial charge in [-0.25, -0.2) is 4.98 Å². The van der Waals surface area contributed by atoms with E-state index in [4.69, 9.17) is 0 Å². The first-order valence-corrected chi connectivity index (χ1v) is 10.7. The van der Waals surface area contributed by atoms with Gasteiger partial charge in [-0.3, -0.25) is 14.4 Å². The quantitative estimate of drug-likeness (QED) is 0.760. The monoisotopic (exact) mass is 421 g/mol. The number of aromatic nitrogens is 1. The Morgan fingerprint density at radius 1 is 1.00 bits per heavy atom. The molecule has 0 radical (unpaired) electrons. The van der Waals surface area contributed by atoms with Crippen LogP contribution in [0.25, 0.3) is 0 Å². The van der Waals surface area contributed by atoms with Gasteiger partial charge in [0, 0.05) is 64.0 Å². The Kier molecular flexibility index (Phi) is 6.45. The van der Waals surface area contributed by atoms with Gasteiger partial charge in [-0.05, 0) is 24.3 Å². The predicted molar refractivity (Wildman–Crippen MR) is 118 cm³/mol. The summed E-state index contributed by atoms with van der Waals surface area (Å²) >= 11 is 0. The first-order chi connectivity index (χ1) is 15.1. The molecular weight excluding hydrogens is 394 g/mol. The van der Waals surface area contributed by atoms with E-state index in [1.54, 1.807) is 11.1 Å². The predicted octanol–water partition coefficient (Wildman–Crippen LogP) is 1.29. The topological polar surface area (TPSA) is 85.9 Å². The lowest BCUT2D eigenvalue weighted by Crippen LogP contribution is -2.49. The number of rotatable bonds is 6. The van der Waals surface area contributed by atoms with E-state index in [2.05, 4.69) is 15.2 Å². The summed E-state index contributed by atoms with van der Waals surface area (Å²) in [7, 11) is 0. The van der Waals surface area contributed by atoms with Gasteiger partial charge in [-0.2, -0.15) is 0 Å². The van der Waals surface area contributed by atoms with Crippen molar-refractivity contribution in [2.75, 3.05) is 49.1 Å². The maximum atomic E-state index is 12.5. The zero-order valence-electron chi connectivity index (χ0n) is 17.4. The Morgan fingerprint density at radius 3 is 2.45 bits per heavy atom. The second-order valence-electron chi connectivity index (χ2n) is 7.84. The van der Waals surface area contributed by atoms with Gasteiger partial charge in [-0.15, -0.1) is 0 Å². The second-order valence-corrected chi connectivity index (χ2v) is 7.84. The lowest BCUT2D eigenvalue weighted by molar-refractivity contribution is -0.131. The molecule has 2 saturated heterocycles. The van der Waals surface area contributed by atoms with Crippen LogP contribution < -0.4 is 15.1 Å². The standard InChI is InChI=1S/C23H27N5O3/c29-21(27-14-12-26(13-15-27)20-8-4-5-10-24-20)9-11-25-23(31)18-16-22(30)28(17-18)19-6-2-1-3-7-19/h1-8,10,18H,9,11-17H2,(H,25,31)/t18-/m0/s1. The van der Waals surface area contributed by atoms with Crippen molar-refractivity contribution in [3.05, 3.63) is 54.7 Å². The first kappa shape index (κ1) is 20.8. The van der Waals surface area contributed by atoms with Gasteiger partial charge in [0.15, 0.2) is 0 Å². The maximum absolute atomic E-state index is 12.5. The number of hydrogen-bond donors (Lipinski definition) is 1. The molecule has 2 aromatic rings. The molecular formula is C23H27N5O3. The maximum Gasteiger partial charge on any atom is 0.227 e. The van der Waals surface area contributed by atoms with Crippen molar-refractivity contribution in [2.24, 2.45) is 5.92 Å². The fourth-order valence-corrected chi connectivity index (χ4v) is 4.06. The molecule has 0 aliphatic carbocycles. The van der Waals surface area contributed by atoms with Gasteiger partial charge in [0.25, 0.3) is 0 Å². The number of piperazine rings is 1. The van der Waals surface area contributed by atoms with Crippen LogP contribution in [-0.4, -0.2) is 66.9 Å². The first-order valence-electron chi connectivity index (χ1n) is 10.7. The Labute approximate surface area is 181 Å². The van der Waals surface area contributed by atoms with Gasteiger partial charge in [0.1, 0.15) is 5.82 Å². The number of para-hydroxylation sites is 1. The fourth-order valence-electron chi connectivity index (χ4n) is 4.06. The van der Waals surface area contributed by atoms with Gasteiger partial charge in [0.2, 0.25) is 17.7 Å². The van der Waals surface area contributed by atoms with E-state index in [9.17, 15) is 14.4 Å². The summed E-state index contributed by atoms with van der Waals surface area (Å²) in [6.45, 7) is 3.44. The van der Waals surface area contributed by atoms with Gasteiger partial charge >= 0.3 is 0 Å². The molecule has 2 aliphatic rings. The van der Waals surface area contributed by atoms with Crippen molar-refractivity contribution >= 4 is 29.2 Å². The van der Waals surface area contributed by atoms with E-state index in [1.807, 2.05) is 53.4 Å². The molecule has 3 heterocycles. The highest BCUT2D eigenvalue weighted by Gasteiger charge is 2.35. The number of nitrogens with one attached hydrogen (secondary N) is 1. The van der Waals surface area contributed by atoms with E-state index in [-0.39, 0.29) is 43.0 Å². The van der Waals surface area contributed by atoms with Crippen LogP contribution in [0, 0.1) is 5.92 Å². The van der Waals surface area contributed by atoms with E-state index < -0.39 is 0 Å². The molecule has 4 rings (SSSR count). The van der Waals surface area contributed by atoms with Crippen LogP contribution in [-0.2, 0) is 14.4 Å². The van der Waals surface area contributed by atoms with E-state index in [0.717, 1.165) is 24.6 Å². The number of hydrogen-bond acceptors (Lipinski definition) is 5. The van der Waals surface area contributed by atoms with Gasteiger partial charge in [0.05, 0.1) is 5.92 Å². The van der Waals surface area contributed by atoms with Crippen molar-refractivity contribution < 1.29 is 14.4 Å². The number of amides is 3. The molecule has 31 heavy (non-hydrogen) atoms. The molecule has 0 bridgehead atoms. The molecule has 0 saturated carbocycles. The van der Waals surface area contributed by atoms with Crippen molar-refractivity contribution in [1.82, 2.24) is 15.2 Å². The van der Waals surface area contributed by atoms with Crippen molar-refractivity contribution in [2.45, 2.75) is 12.8 Å². The van der Waals surface area contributed by atoms with E-state index in [1.165, 1.54) is 0 Å². The minimum atomic E-state index is -0.385. The number of anilines is 2. The Bertz CT molecular complexity index is 913. The lowest BCUT2D eigenvalue weighted by Gasteiger charge is -2.35. The molecule has 162 valence electrons. The van der Waals surface area contributed by atoms with Crippen LogP contribution in [0.1, 0.15) is 12.8 Å². The highest BCUT2D eigenvalue weighted by molar-refractivity contribution is 6.00. The number of carbonyl (C=O) groups excluding carboxylic acids is 3. The number of benzene rings is 1. The molecule has 1 aromatic heterocycles. The number of nitrogens with zero attached hydrogens (tertiary/aromatic N) is 4. The summed E-state index contributed by atoms with van der Waals surface area (Å²) in [5.74, 6) is 0.365. The lowest BCUT2D eigenvalue weighted by atomic mass is 10.1. The average Bonchev–Trinajstić information content (AvgIpc) is 3.22. The van der Waals surface area contributed by atoms with E-state index >= 15 is 0 Å². The Balaban J connectivity index is 1.19. The summed E-state index contributed by atoms with van der Waals surface area (Å²) < 4.78 is 0. The van der Waals surface area contributed by atoms with Crippen LogP contribution in [0.2, 0.25) is 0 Å². The zero-order valence-corrected chi connectivity index (χ0v) is 17.4.